The topological polar surface area (TPSA) is 55.4 Å². The van der Waals surface area contributed by atoms with Crippen LogP contribution in [0, 0.1) is 0 Å². The molecule has 0 bridgehead atoms. The molecule has 1 amide bonds. The van der Waals surface area contributed by atoms with E-state index in [2.05, 4.69) is 52.1 Å². The van der Waals surface area contributed by atoms with Crippen LogP contribution in [0.1, 0.15) is 79.3 Å². The summed E-state index contributed by atoms with van der Waals surface area (Å²) in [6.07, 6.45) is 0. The zero-order valence-corrected chi connectivity index (χ0v) is 20.4. The van der Waals surface area contributed by atoms with Gasteiger partial charge in [0, 0.05) is 16.5 Å². The van der Waals surface area contributed by atoms with Gasteiger partial charge in [0.05, 0.1) is 6.61 Å². The molecule has 1 N–H and O–H groups in total. The van der Waals surface area contributed by atoms with Crippen molar-refractivity contribution in [2.75, 3.05) is 11.9 Å². The Hall–Kier alpha value is -2.92. The molecule has 4 nitrogen and oxygen atoms in total. The minimum atomic E-state index is -0.435. The van der Waals surface area contributed by atoms with Crippen LogP contribution in [0.5, 0.6) is 0 Å². The molecule has 0 atom stereocenters. The lowest BCUT2D eigenvalue weighted by molar-refractivity contribution is 0.0529. The van der Waals surface area contributed by atoms with E-state index in [1.54, 1.807) is 6.92 Å². The maximum absolute atomic E-state index is 12.9. The van der Waals surface area contributed by atoms with Gasteiger partial charge in [-0.2, -0.15) is 0 Å². The number of esters is 1. The Kier molecular flexibility index (Phi) is 7.19. The van der Waals surface area contributed by atoms with Crippen molar-refractivity contribution in [3.63, 3.8) is 0 Å². The smallest absolute Gasteiger partial charge is 0.341 e. The number of anilines is 1. The highest BCUT2D eigenvalue weighted by Gasteiger charge is 2.23. The van der Waals surface area contributed by atoms with E-state index in [4.69, 9.17) is 4.74 Å². The minimum absolute atomic E-state index is 0.0137. The van der Waals surface area contributed by atoms with Gasteiger partial charge in [-0.15, -0.1) is 11.3 Å². The van der Waals surface area contributed by atoms with Crippen molar-refractivity contribution >= 4 is 28.2 Å². The van der Waals surface area contributed by atoms with Crippen LogP contribution in [0.3, 0.4) is 0 Å². The first-order valence-corrected chi connectivity index (χ1v) is 11.8. The average molecular weight is 450 g/mol. The van der Waals surface area contributed by atoms with Gasteiger partial charge in [-0.25, -0.2) is 4.79 Å². The van der Waals surface area contributed by atoms with Gasteiger partial charge in [-0.1, -0.05) is 71.0 Å². The summed E-state index contributed by atoms with van der Waals surface area (Å²) in [5.74, 6) is -0.259. The van der Waals surface area contributed by atoms with Gasteiger partial charge in [0.25, 0.3) is 5.91 Å². The molecule has 168 valence electrons. The summed E-state index contributed by atoms with van der Waals surface area (Å²) < 4.78 is 5.31. The molecular formula is C27H31NO3S. The van der Waals surface area contributed by atoms with E-state index < -0.39 is 5.97 Å². The van der Waals surface area contributed by atoms with E-state index in [0.29, 0.717) is 22.0 Å². The normalized spacial score (nSPS) is 11.5. The molecule has 0 aliphatic rings. The average Bonchev–Trinajstić information content (AvgIpc) is 3.17. The van der Waals surface area contributed by atoms with Gasteiger partial charge >= 0.3 is 5.97 Å². The first kappa shape index (κ1) is 23.7. The van der Waals surface area contributed by atoms with Gasteiger partial charge in [-0.05, 0) is 47.1 Å². The Labute approximate surface area is 194 Å². The van der Waals surface area contributed by atoms with Crippen LogP contribution in [-0.4, -0.2) is 18.5 Å². The highest BCUT2D eigenvalue weighted by Crippen LogP contribution is 2.37. The highest BCUT2D eigenvalue weighted by molar-refractivity contribution is 7.15. The van der Waals surface area contributed by atoms with E-state index in [1.807, 2.05) is 41.8 Å². The predicted octanol–water partition coefficient (Wildman–Crippen LogP) is 7.27. The fourth-order valence-electron chi connectivity index (χ4n) is 3.41. The molecule has 0 saturated heterocycles. The molecule has 0 fully saturated rings. The van der Waals surface area contributed by atoms with E-state index in [-0.39, 0.29) is 17.9 Å². The highest BCUT2D eigenvalue weighted by atomic mass is 32.1. The fourth-order valence-corrected chi connectivity index (χ4v) is 4.37. The molecule has 1 aromatic heterocycles. The number of hydrogen-bond donors (Lipinski definition) is 1. The number of rotatable bonds is 6. The van der Waals surface area contributed by atoms with Crippen LogP contribution in [-0.2, 0) is 10.2 Å². The lowest BCUT2D eigenvalue weighted by Crippen LogP contribution is -2.16. The first-order valence-electron chi connectivity index (χ1n) is 10.9. The molecule has 0 spiro atoms. The number of thiophene rings is 1. The first-order chi connectivity index (χ1) is 15.1. The van der Waals surface area contributed by atoms with Crippen LogP contribution in [0.4, 0.5) is 5.00 Å². The van der Waals surface area contributed by atoms with Gasteiger partial charge < -0.3 is 10.1 Å². The number of benzene rings is 2. The van der Waals surface area contributed by atoms with Gasteiger partial charge in [-0.3, -0.25) is 4.79 Å². The van der Waals surface area contributed by atoms with Crippen LogP contribution >= 0.6 is 11.3 Å². The van der Waals surface area contributed by atoms with Crippen LogP contribution in [0.15, 0.2) is 53.9 Å². The molecule has 32 heavy (non-hydrogen) atoms. The lowest BCUT2D eigenvalue weighted by atomic mass is 9.87. The molecule has 0 saturated carbocycles. The van der Waals surface area contributed by atoms with Crippen molar-refractivity contribution < 1.29 is 14.3 Å². The summed E-state index contributed by atoms with van der Waals surface area (Å²) in [7, 11) is 0. The second kappa shape index (κ2) is 9.70. The minimum Gasteiger partial charge on any atom is -0.462 e. The number of nitrogens with one attached hydrogen (secondary N) is 1. The molecule has 0 aliphatic heterocycles. The Morgan fingerprint density at radius 1 is 1.00 bits per heavy atom. The third-order valence-corrected chi connectivity index (χ3v) is 6.29. The van der Waals surface area contributed by atoms with Crippen LogP contribution < -0.4 is 5.32 Å². The summed E-state index contributed by atoms with van der Waals surface area (Å²) in [4.78, 5) is 25.7. The molecule has 0 radical (unpaired) electrons. The molecule has 3 aromatic rings. The van der Waals surface area contributed by atoms with Crippen molar-refractivity contribution in [1.29, 1.82) is 0 Å². The fraction of sp³-hybridized carbons (Fsp3) is 0.333. The SMILES string of the molecule is CCOC(=O)c1c(-c2ccc(C(C)C)cc2)csc1NC(=O)c1ccc(C(C)(C)C)cc1. The van der Waals surface area contributed by atoms with Crippen molar-refractivity contribution in [2.24, 2.45) is 0 Å². The molecule has 1 heterocycles. The Morgan fingerprint density at radius 2 is 1.62 bits per heavy atom. The summed E-state index contributed by atoms with van der Waals surface area (Å²) in [5.41, 5.74) is 5.03. The van der Waals surface area contributed by atoms with Crippen molar-refractivity contribution in [3.05, 3.63) is 76.2 Å². The number of carbonyl (C=O) groups is 2. The summed E-state index contributed by atoms with van der Waals surface area (Å²) in [6, 6.07) is 15.7. The number of hydrogen-bond acceptors (Lipinski definition) is 4. The maximum Gasteiger partial charge on any atom is 0.341 e. The van der Waals surface area contributed by atoms with Crippen molar-refractivity contribution in [1.82, 2.24) is 0 Å². The monoisotopic (exact) mass is 449 g/mol. The Bertz CT molecular complexity index is 1090. The standard InChI is InChI=1S/C27H31NO3S/c1-7-31-26(30)23-22(19-10-8-18(9-11-19)17(2)3)16-32-25(23)28-24(29)20-12-14-21(15-13-20)27(4,5)6/h8-17H,7H2,1-6H3,(H,28,29). The number of ether oxygens (including phenoxy) is 1. The van der Waals surface area contributed by atoms with Crippen LogP contribution in [0.25, 0.3) is 11.1 Å². The molecule has 3 rings (SSSR count). The molecule has 5 heteroatoms. The molecule has 2 aromatic carbocycles. The van der Waals surface area contributed by atoms with Crippen LogP contribution in [0.2, 0.25) is 0 Å². The second-order valence-electron chi connectivity index (χ2n) is 9.13. The summed E-state index contributed by atoms with van der Waals surface area (Å²) in [5, 5.41) is 5.32. The van der Waals surface area contributed by atoms with E-state index in [1.165, 1.54) is 16.9 Å². The molecule has 0 aliphatic carbocycles. The quantitative estimate of drug-likeness (QED) is 0.403. The third kappa shape index (κ3) is 5.28. The van der Waals surface area contributed by atoms with E-state index in [9.17, 15) is 9.59 Å². The zero-order valence-electron chi connectivity index (χ0n) is 19.6. The predicted molar refractivity (Wildman–Crippen MR) is 133 cm³/mol. The number of amides is 1. The van der Waals surface area contributed by atoms with E-state index >= 15 is 0 Å². The zero-order chi connectivity index (χ0) is 23.5. The Balaban J connectivity index is 1.92. The van der Waals surface area contributed by atoms with Gasteiger partial charge in [0.2, 0.25) is 0 Å². The molecular weight excluding hydrogens is 418 g/mol. The maximum atomic E-state index is 12.9. The van der Waals surface area contributed by atoms with Gasteiger partial charge in [0.15, 0.2) is 0 Å². The summed E-state index contributed by atoms with van der Waals surface area (Å²) >= 11 is 1.33. The molecule has 0 unspecified atom stereocenters. The number of carbonyl (C=O) groups excluding carboxylic acids is 2. The largest absolute Gasteiger partial charge is 0.462 e. The summed E-state index contributed by atoms with van der Waals surface area (Å²) in [6.45, 7) is 12.7. The second-order valence-corrected chi connectivity index (χ2v) is 10.0. The lowest BCUT2D eigenvalue weighted by Gasteiger charge is -2.19. The third-order valence-electron chi connectivity index (χ3n) is 5.40. The van der Waals surface area contributed by atoms with E-state index in [0.717, 1.165) is 16.7 Å². The Morgan fingerprint density at radius 3 is 2.16 bits per heavy atom. The van der Waals surface area contributed by atoms with Crippen molar-refractivity contribution in [2.45, 2.75) is 52.9 Å². The van der Waals surface area contributed by atoms with Gasteiger partial charge in [0.1, 0.15) is 10.6 Å². The van der Waals surface area contributed by atoms with Crippen molar-refractivity contribution in [3.8, 4) is 11.1 Å².